The second-order valence-corrected chi connectivity index (χ2v) is 7.30. The van der Waals surface area contributed by atoms with Crippen LogP contribution in [0.4, 0.5) is 0 Å². The molecule has 0 aromatic rings. The Morgan fingerprint density at radius 1 is 1.12 bits per heavy atom. The Labute approximate surface area is 149 Å². The molecule has 0 radical (unpaired) electrons. The lowest BCUT2D eigenvalue weighted by Crippen LogP contribution is -2.61. The second kappa shape index (κ2) is 9.29. The molecule has 0 unspecified atom stereocenters. The van der Waals surface area contributed by atoms with Gasteiger partial charge >= 0.3 is 11.9 Å². The standard InChI is InChI=1S/C18H30O7/c1-9(2)7-13(21)25-17-14(10(3)4)18(24-11(5)20)16(23-6)12(8-19)15(17)22/h9-10,12,14,16-19H,7-8H2,1-6H3/t12-,14-,16-,17-,18+/m1/s1. The molecule has 1 N–H and O–H groups in total. The molecule has 0 bridgehead atoms. The topological polar surface area (TPSA) is 99.1 Å². The molecule has 0 spiro atoms. The molecule has 25 heavy (non-hydrogen) atoms. The summed E-state index contributed by atoms with van der Waals surface area (Å²) >= 11 is 0. The van der Waals surface area contributed by atoms with Gasteiger partial charge in [-0.3, -0.25) is 14.4 Å². The summed E-state index contributed by atoms with van der Waals surface area (Å²) in [5.74, 6) is -2.87. The number of ether oxygens (including phenoxy) is 3. The van der Waals surface area contributed by atoms with E-state index in [1.54, 1.807) is 0 Å². The Morgan fingerprint density at radius 3 is 2.12 bits per heavy atom. The second-order valence-electron chi connectivity index (χ2n) is 7.30. The van der Waals surface area contributed by atoms with Crippen LogP contribution in [0.15, 0.2) is 0 Å². The molecule has 7 nitrogen and oxygen atoms in total. The number of aliphatic hydroxyl groups is 1. The van der Waals surface area contributed by atoms with E-state index in [0.29, 0.717) is 0 Å². The third-order valence-electron chi connectivity index (χ3n) is 4.47. The van der Waals surface area contributed by atoms with E-state index in [-0.39, 0.29) is 18.3 Å². The van der Waals surface area contributed by atoms with Crippen LogP contribution < -0.4 is 0 Å². The number of esters is 2. The molecule has 1 rings (SSSR count). The molecule has 0 saturated heterocycles. The van der Waals surface area contributed by atoms with E-state index >= 15 is 0 Å². The molecule has 0 heterocycles. The van der Waals surface area contributed by atoms with E-state index in [1.807, 2.05) is 27.7 Å². The zero-order chi connectivity index (χ0) is 19.3. The third-order valence-corrected chi connectivity index (χ3v) is 4.47. The fraction of sp³-hybridized carbons (Fsp3) is 0.833. The van der Waals surface area contributed by atoms with Gasteiger partial charge in [0.2, 0.25) is 0 Å². The highest BCUT2D eigenvalue weighted by atomic mass is 16.6. The molecule has 1 aliphatic rings. The molecule has 0 aliphatic heterocycles. The lowest BCUT2D eigenvalue weighted by atomic mass is 9.70. The highest BCUT2D eigenvalue weighted by Gasteiger charge is 2.54. The Hall–Kier alpha value is -1.47. The molecule has 0 aromatic heterocycles. The number of hydrogen-bond donors (Lipinski definition) is 1. The first-order valence-electron chi connectivity index (χ1n) is 8.68. The summed E-state index contributed by atoms with van der Waals surface area (Å²) in [4.78, 5) is 36.5. The van der Waals surface area contributed by atoms with Crippen molar-refractivity contribution in [2.75, 3.05) is 13.7 Å². The highest BCUT2D eigenvalue weighted by Crippen LogP contribution is 2.37. The number of ketones is 1. The van der Waals surface area contributed by atoms with Gasteiger partial charge in [0.15, 0.2) is 11.9 Å². The largest absolute Gasteiger partial charge is 0.459 e. The number of carbonyl (C=O) groups is 3. The molecule has 144 valence electrons. The molecule has 0 amide bonds. The van der Waals surface area contributed by atoms with Crippen molar-refractivity contribution < 1.29 is 33.7 Å². The number of carbonyl (C=O) groups excluding carboxylic acids is 3. The Bertz CT molecular complexity index is 486. The van der Waals surface area contributed by atoms with Crippen molar-refractivity contribution in [3.05, 3.63) is 0 Å². The number of methoxy groups -OCH3 is 1. The van der Waals surface area contributed by atoms with Crippen molar-refractivity contribution >= 4 is 17.7 Å². The molecule has 0 aromatic carbocycles. The summed E-state index contributed by atoms with van der Waals surface area (Å²) in [7, 11) is 1.40. The van der Waals surface area contributed by atoms with Crippen LogP contribution in [0, 0.1) is 23.7 Å². The smallest absolute Gasteiger partial charge is 0.306 e. The molecular formula is C18H30O7. The normalized spacial score (nSPS) is 29.8. The van der Waals surface area contributed by atoms with Crippen molar-refractivity contribution in [3.63, 3.8) is 0 Å². The van der Waals surface area contributed by atoms with Crippen LogP contribution in [0.5, 0.6) is 0 Å². The van der Waals surface area contributed by atoms with E-state index in [1.165, 1.54) is 14.0 Å². The van der Waals surface area contributed by atoms with Crippen molar-refractivity contribution in [2.45, 2.75) is 59.4 Å². The number of aliphatic hydroxyl groups excluding tert-OH is 1. The molecule has 1 saturated carbocycles. The van der Waals surface area contributed by atoms with Crippen molar-refractivity contribution in [2.24, 2.45) is 23.7 Å². The van der Waals surface area contributed by atoms with Crippen molar-refractivity contribution in [1.29, 1.82) is 0 Å². The lowest BCUT2D eigenvalue weighted by molar-refractivity contribution is -0.199. The zero-order valence-electron chi connectivity index (χ0n) is 15.9. The fourth-order valence-corrected chi connectivity index (χ4v) is 3.40. The average Bonchev–Trinajstić information content (AvgIpc) is 2.48. The number of rotatable bonds is 7. The van der Waals surface area contributed by atoms with E-state index in [4.69, 9.17) is 14.2 Å². The lowest BCUT2D eigenvalue weighted by Gasteiger charge is -2.45. The van der Waals surface area contributed by atoms with Gasteiger partial charge in [0.05, 0.1) is 12.5 Å². The first-order chi connectivity index (χ1) is 11.6. The fourth-order valence-electron chi connectivity index (χ4n) is 3.40. The van der Waals surface area contributed by atoms with Gasteiger partial charge in [-0.25, -0.2) is 0 Å². The molecule has 7 heteroatoms. The van der Waals surface area contributed by atoms with E-state index in [0.717, 1.165) is 0 Å². The minimum atomic E-state index is -1.07. The van der Waals surface area contributed by atoms with Gasteiger partial charge in [-0.15, -0.1) is 0 Å². The summed E-state index contributed by atoms with van der Waals surface area (Å²) in [6.45, 7) is 8.28. The van der Waals surface area contributed by atoms with Gasteiger partial charge in [-0.1, -0.05) is 27.7 Å². The van der Waals surface area contributed by atoms with E-state index in [9.17, 15) is 19.5 Å². The van der Waals surface area contributed by atoms with Crippen LogP contribution >= 0.6 is 0 Å². The number of hydrogen-bond acceptors (Lipinski definition) is 7. The maximum Gasteiger partial charge on any atom is 0.306 e. The van der Waals surface area contributed by atoms with Gasteiger partial charge in [0.1, 0.15) is 12.2 Å². The maximum absolute atomic E-state index is 12.8. The van der Waals surface area contributed by atoms with Crippen LogP contribution in [0.25, 0.3) is 0 Å². The van der Waals surface area contributed by atoms with Crippen LogP contribution in [-0.2, 0) is 28.6 Å². The van der Waals surface area contributed by atoms with E-state index < -0.39 is 54.5 Å². The predicted octanol–water partition coefficient (Wildman–Crippen LogP) is 1.35. The minimum absolute atomic E-state index is 0.0910. The quantitative estimate of drug-likeness (QED) is 0.686. The Balaban J connectivity index is 3.23. The zero-order valence-corrected chi connectivity index (χ0v) is 15.9. The first kappa shape index (κ1) is 21.6. The van der Waals surface area contributed by atoms with Gasteiger partial charge < -0.3 is 19.3 Å². The summed E-state index contributed by atoms with van der Waals surface area (Å²) in [5.41, 5.74) is 0. The van der Waals surface area contributed by atoms with Gasteiger partial charge in [-0.2, -0.15) is 0 Å². The van der Waals surface area contributed by atoms with Crippen LogP contribution in [0.3, 0.4) is 0 Å². The summed E-state index contributed by atoms with van der Waals surface area (Å²) in [5, 5.41) is 9.66. The van der Waals surface area contributed by atoms with Crippen LogP contribution in [-0.4, -0.2) is 54.9 Å². The van der Waals surface area contributed by atoms with Crippen molar-refractivity contribution in [3.8, 4) is 0 Å². The summed E-state index contributed by atoms with van der Waals surface area (Å²) in [6, 6.07) is 0. The SMILES string of the molecule is CO[C@H]1[C@@H](OC(C)=O)[C@H](C(C)C)[C@@H](OC(=O)CC(C)C)C(=O)[C@H]1CO. The third kappa shape index (κ3) is 5.25. The monoisotopic (exact) mass is 358 g/mol. The maximum atomic E-state index is 12.8. The molecule has 1 fully saturated rings. The highest BCUT2D eigenvalue weighted by molar-refractivity contribution is 5.89. The molecular weight excluding hydrogens is 328 g/mol. The van der Waals surface area contributed by atoms with Gasteiger partial charge in [-0.05, 0) is 11.8 Å². The van der Waals surface area contributed by atoms with Gasteiger partial charge in [0, 0.05) is 26.4 Å². The molecule has 1 aliphatic carbocycles. The van der Waals surface area contributed by atoms with Crippen LogP contribution in [0.2, 0.25) is 0 Å². The predicted molar refractivity (Wildman–Crippen MR) is 89.6 cm³/mol. The van der Waals surface area contributed by atoms with Gasteiger partial charge in [0.25, 0.3) is 0 Å². The van der Waals surface area contributed by atoms with Crippen LogP contribution in [0.1, 0.15) is 41.0 Å². The summed E-state index contributed by atoms with van der Waals surface area (Å²) < 4.78 is 16.3. The molecule has 5 atom stereocenters. The Kier molecular flexibility index (Phi) is 8.02. The first-order valence-corrected chi connectivity index (χ1v) is 8.68. The minimum Gasteiger partial charge on any atom is -0.459 e. The summed E-state index contributed by atoms with van der Waals surface area (Å²) in [6.07, 6.45) is -2.45. The average molecular weight is 358 g/mol. The van der Waals surface area contributed by atoms with E-state index in [2.05, 4.69) is 0 Å². The number of Topliss-reactive ketones (excluding diaryl/α,β-unsaturated/α-hetero) is 1. The van der Waals surface area contributed by atoms with Crippen molar-refractivity contribution in [1.82, 2.24) is 0 Å². The Morgan fingerprint density at radius 2 is 1.72 bits per heavy atom.